The second-order valence-electron chi connectivity index (χ2n) is 7.38. The highest BCUT2D eigenvalue weighted by Crippen LogP contribution is 2.28. The lowest BCUT2D eigenvalue weighted by atomic mass is 10.0. The average Bonchev–Trinajstić information content (AvgIpc) is 3.06. The molecule has 1 amide bonds. The Hall–Kier alpha value is -2.54. The fourth-order valence-corrected chi connectivity index (χ4v) is 5.53. The van der Waals surface area contributed by atoms with E-state index >= 15 is 0 Å². The number of rotatable bonds is 4. The number of benzene rings is 2. The van der Waals surface area contributed by atoms with Gasteiger partial charge in [0, 0.05) is 24.5 Å². The number of nitrogens with zero attached hydrogens (tertiary/aromatic N) is 2. The molecule has 0 aromatic heterocycles. The molecule has 0 aliphatic carbocycles. The van der Waals surface area contributed by atoms with Crippen molar-refractivity contribution in [3.63, 3.8) is 0 Å². The second-order valence-corrected chi connectivity index (χ2v) is 9.39. The van der Waals surface area contributed by atoms with Gasteiger partial charge in [-0.15, -0.1) is 0 Å². The quantitative estimate of drug-likeness (QED) is 0.858. The molecule has 1 fully saturated rings. The molecule has 0 saturated carbocycles. The molecule has 148 valence electrons. The van der Waals surface area contributed by atoms with Crippen LogP contribution in [-0.4, -0.2) is 39.2 Å². The molecule has 28 heavy (non-hydrogen) atoms. The molecule has 0 unspecified atom stereocenters. The molecule has 2 aliphatic rings. The van der Waals surface area contributed by atoms with Crippen molar-refractivity contribution >= 4 is 33.0 Å². The van der Waals surface area contributed by atoms with Crippen molar-refractivity contribution in [2.75, 3.05) is 33.4 Å². The Balaban J connectivity index is 1.45. The summed E-state index contributed by atoms with van der Waals surface area (Å²) in [6.07, 6.45) is 2.63. The molecule has 0 bridgehead atoms. The molecular formula is C21H25N3O3S. The number of amides is 1. The Morgan fingerprint density at radius 1 is 1.04 bits per heavy atom. The molecular weight excluding hydrogens is 374 g/mol. The molecule has 1 atom stereocenters. The van der Waals surface area contributed by atoms with E-state index in [9.17, 15) is 13.2 Å². The van der Waals surface area contributed by atoms with Gasteiger partial charge in [0.25, 0.3) is 0 Å². The summed E-state index contributed by atoms with van der Waals surface area (Å²) in [5.41, 5.74) is 3.69. The van der Waals surface area contributed by atoms with Crippen molar-refractivity contribution in [3.8, 4) is 0 Å². The minimum Gasteiger partial charge on any atom is -0.374 e. The number of anilines is 3. The number of carbonyl (C=O) groups excluding carboxylic acids is 1. The van der Waals surface area contributed by atoms with Crippen LogP contribution >= 0.6 is 0 Å². The standard InChI is InChI=1S/C21H25N3O3S/c1-16(21(25)23-13-4-7-17-6-2-3-8-20(17)23)22-18-9-11-19(12-10-18)24-14-5-15-28(24,26)27/h2-3,6,8-12,16,22H,4-5,7,13-15H2,1H3/t16-/m1/s1. The first kappa shape index (κ1) is 18.8. The first-order chi connectivity index (χ1) is 13.5. The number of nitrogens with one attached hydrogen (secondary N) is 1. The van der Waals surface area contributed by atoms with Crippen LogP contribution in [0.3, 0.4) is 0 Å². The maximum atomic E-state index is 13.0. The number of sulfonamides is 1. The van der Waals surface area contributed by atoms with E-state index < -0.39 is 10.0 Å². The minimum atomic E-state index is -3.18. The van der Waals surface area contributed by atoms with E-state index in [0.717, 1.165) is 30.8 Å². The minimum absolute atomic E-state index is 0.0401. The van der Waals surface area contributed by atoms with Gasteiger partial charge in [-0.3, -0.25) is 9.10 Å². The third kappa shape index (κ3) is 3.58. The fourth-order valence-electron chi connectivity index (χ4n) is 3.96. The smallest absolute Gasteiger partial charge is 0.249 e. The van der Waals surface area contributed by atoms with Gasteiger partial charge in [0.1, 0.15) is 6.04 Å². The first-order valence-corrected chi connectivity index (χ1v) is 11.3. The molecule has 2 aromatic rings. The lowest BCUT2D eigenvalue weighted by Gasteiger charge is -2.32. The molecule has 1 N–H and O–H groups in total. The van der Waals surface area contributed by atoms with Crippen molar-refractivity contribution in [2.24, 2.45) is 0 Å². The summed E-state index contributed by atoms with van der Waals surface area (Å²) in [7, 11) is -3.18. The molecule has 6 nitrogen and oxygen atoms in total. The van der Waals surface area contributed by atoms with Crippen LogP contribution in [0.15, 0.2) is 48.5 Å². The summed E-state index contributed by atoms with van der Waals surface area (Å²) >= 11 is 0. The van der Waals surface area contributed by atoms with Gasteiger partial charge in [-0.2, -0.15) is 0 Å². The van der Waals surface area contributed by atoms with Gasteiger partial charge in [0.05, 0.1) is 11.4 Å². The van der Waals surface area contributed by atoms with Crippen LogP contribution in [-0.2, 0) is 21.2 Å². The highest BCUT2D eigenvalue weighted by atomic mass is 32.2. The van der Waals surface area contributed by atoms with Crippen LogP contribution in [0.2, 0.25) is 0 Å². The van der Waals surface area contributed by atoms with E-state index in [0.29, 0.717) is 18.7 Å². The SMILES string of the molecule is C[C@@H](Nc1ccc(N2CCCS2(=O)=O)cc1)C(=O)N1CCCc2ccccc21. The molecule has 2 aromatic carbocycles. The second kappa shape index (κ2) is 7.47. The molecule has 1 saturated heterocycles. The van der Waals surface area contributed by atoms with Crippen molar-refractivity contribution in [1.82, 2.24) is 0 Å². The van der Waals surface area contributed by atoms with Crippen molar-refractivity contribution in [3.05, 3.63) is 54.1 Å². The number of fused-ring (bicyclic) bond motifs is 1. The van der Waals surface area contributed by atoms with Crippen LogP contribution in [0, 0.1) is 0 Å². The highest BCUT2D eigenvalue weighted by molar-refractivity contribution is 7.93. The van der Waals surface area contributed by atoms with Crippen molar-refractivity contribution in [1.29, 1.82) is 0 Å². The third-order valence-corrected chi connectivity index (χ3v) is 7.25. The Labute approximate surface area is 166 Å². The van der Waals surface area contributed by atoms with E-state index in [-0.39, 0.29) is 17.7 Å². The van der Waals surface area contributed by atoms with E-state index in [1.165, 1.54) is 9.87 Å². The van der Waals surface area contributed by atoms with Crippen LogP contribution in [0.25, 0.3) is 0 Å². The zero-order valence-electron chi connectivity index (χ0n) is 16.0. The molecule has 7 heteroatoms. The number of hydrogen-bond donors (Lipinski definition) is 1. The largest absolute Gasteiger partial charge is 0.374 e. The monoisotopic (exact) mass is 399 g/mol. The lowest BCUT2D eigenvalue weighted by Crippen LogP contribution is -2.44. The maximum Gasteiger partial charge on any atom is 0.249 e. The first-order valence-electron chi connectivity index (χ1n) is 9.72. The van der Waals surface area contributed by atoms with E-state index in [1.807, 2.05) is 42.2 Å². The van der Waals surface area contributed by atoms with E-state index in [2.05, 4.69) is 11.4 Å². The molecule has 0 radical (unpaired) electrons. The normalized spacial score (nSPS) is 19.2. The summed E-state index contributed by atoms with van der Waals surface area (Å²) in [6.45, 7) is 3.12. The topological polar surface area (TPSA) is 69.7 Å². The zero-order chi connectivity index (χ0) is 19.7. The van der Waals surface area contributed by atoms with Crippen LogP contribution in [0.1, 0.15) is 25.3 Å². The molecule has 0 spiro atoms. The van der Waals surface area contributed by atoms with Gasteiger partial charge in [0.15, 0.2) is 0 Å². The van der Waals surface area contributed by atoms with Gasteiger partial charge >= 0.3 is 0 Å². The number of carbonyl (C=O) groups is 1. The number of para-hydroxylation sites is 1. The number of aryl methyl sites for hydroxylation is 1. The number of hydrogen-bond acceptors (Lipinski definition) is 4. The molecule has 4 rings (SSSR count). The zero-order valence-corrected chi connectivity index (χ0v) is 16.8. The van der Waals surface area contributed by atoms with Crippen molar-refractivity contribution < 1.29 is 13.2 Å². The summed E-state index contributed by atoms with van der Waals surface area (Å²) in [5, 5.41) is 3.25. The summed E-state index contributed by atoms with van der Waals surface area (Å²) in [4.78, 5) is 14.9. The predicted molar refractivity (Wildman–Crippen MR) is 112 cm³/mol. The van der Waals surface area contributed by atoms with E-state index in [4.69, 9.17) is 0 Å². The third-order valence-electron chi connectivity index (χ3n) is 5.38. The van der Waals surface area contributed by atoms with Gasteiger partial charge in [-0.25, -0.2) is 8.42 Å². The molecule has 2 heterocycles. The van der Waals surface area contributed by atoms with Crippen LogP contribution in [0.4, 0.5) is 17.1 Å². The van der Waals surface area contributed by atoms with Gasteiger partial charge in [-0.1, -0.05) is 18.2 Å². The van der Waals surface area contributed by atoms with Crippen molar-refractivity contribution in [2.45, 2.75) is 32.2 Å². The van der Waals surface area contributed by atoms with Crippen LogP contribution in [0.5, 0.6) is 0 Å². The average molecular weight is 400 g/mol. The van der Waals surface area contributed by atoms with Gasteiger partial charge < -0.3 is 10.2 Å². The Morgan fingerprint density at radius 3 is 2.50 bits per heavy atom. The van der Waals surface area contributed by atoms with Gasteiger partial charge in [-0.05, 0) is 62.1 Å². The van der Waals surface area contributed by atoms with E-state index in [1.54, 1.807) is 12.1 Å². The highest BCUT2D eigenvalue weighted by Gasteiger charge is 2.29. The van der Waals surface area contributed by atoms with Crippen LogP contribution < -0.4 is 14.5 Å². The summed E-state index contributed by atoms with van der Waals surface area (Å²) in [5.74, 6) is 0.244. The maximum absolute atomic E-state index is 13.0. The predicted octanol–water partition coefficient (Wildman–Crippen LogP) is 3.01. The summed E-state index contributed by atoms with van der Waals surface area (Å²) in [6, 6.07) is 14.9. The Bertz CT molecular complexity index is 973. The molecule has 2 aliphatic heterocycles. The lowest BCUT2D eigenvalue weighted by molar-refractivity contribution is -0.119. The Kier molecular flexibility index (Phi) is 5.02. The van der Waals surface area contributed by atoms with Gasteiger partial charge in [0.2, 0.25) is 15.9 Å². The Morgan fingerprint density at radius 2 is 1.79 bits per heavy atom. The summed E-state index contributed by atoms with van der Waals surface area (Å²) < 4.78 is 25.6. The fraction of sp³-hybridized carbons (Fsp3) is 0.381.